The summed E-state index contributed by atoms with van der Waals surface area (Å²) in [5.41, 5.74) is -0.599. The van der Waals surface area contributed by atoms with Crippen molar-refractivity contribution >= 4 is 27.9 Å². The smallest absolute Gasteiger partial charge is 0.316 e. The third-order valence-electron chi connectivity index (χ3n) is 3.16. The summed E-state index contributed by atoms with van der Waals surface area (Å²) in [6.07, 6.45) is 1.86. The third kappa shape index (κ3) is 1.89. The van der Waals surface area contributed by atoms with Crippen LogP contribution in [0.5, 0.6) is 0 Å². The minimum atomic E-state index is -0.599. The lowest BCUT2D eigenvalue weighted by Gasteiger charge is -2.34. The lowest BCUT2D eigenvalue weighted by atomic mass is 9.80. The highest BCUT2D eigenvalue weighted by atomic mass is 79.9. The maximum absolute atomic E-state index is 11.4. The zero-order chi connectivity index (χ0) is 11.1. The van der Waals surface area contributed by atoms with Crippen molar-refractivity contribution in [2.24, 2.45) is 5.92 Å². The van der Waals surface area contributed by atoms with Crippen LogP contribution in [0, 0.1) is 5.92 Å². The van der Waals surface area contributed by atoms with E-state index >= 15 is 0 Å². The first kappa shape index (κ1) is 10.9. The summed E-state index contributed by atoms with van der Waals surface area (Å²) in [6.45, 7) is 1.84. The fourth-order valence-corrected chi connectivity index (χ4v) is 2.51. The van der Waals surface area contributed by atoms with Gasteiger partial charge in [-0.1, -0.05) is 15.9 Å². The molecule has 1 saturated heterocycles. The third-order valence-corrected chi connectivity index (χ3v) is 3.62. The molecule has 1 aliphatic carbocycles. The van der Waals surface area contributed by atoms with Gasteiger partial charge in [-0.05, 0) is 19.8 Å². The summed E-state index contributed by atoms with van der Waals surface area (Å²) < 4.78 is 10.6. The number of ether oxygens (including phenoxy) is 2. The molecule has 1 aliphatic heterocycles. The molecule has 84 valence electrons. The zero-order valence-electron chi connectivity index (χ0n) is 8.49. The number of alkyl halides is 1. The van der Waals surface area contributed by atoms with Crippen molar-refractivity contribution in [2.45, 2.75) is 37.9 Å². The summed E-state index contributed by atoms with van der Waals surface area (Å²) >= 11 is 3.04. The zero-order valence-corrected chi connectivity index (χ0v) is 10.1. The molecule has 0 N–H and O–H groups in total. The minimum Gasteiger partial charge on any atom is -0.457 e. The number of halogens is 1. The Morgan fingerprint density at radius 3 is 3.07 bits per heavy atom. The van der Waals surface area contributed by atoms with Crippen molar-refractivity contribution in [3.63, 3.8) is 0 Å². The lowest BCUT2D eigenvalue weighted by Crippen LogP contribution is -2.44. The number of rotatable bonds is 2. The topological polar surface area (TPSA) is 52.6 Å². The molecule has 0 amide bonds. The van der Waals surface area contributed by atoms with Crippen molar-refractivity contribution in [2.75, 3.05) is 5.33 Å². The van der Waals surface area contributed by atoms with Gasteiger partial charge in [0.1, 0.15) is 17.0 Å². The maximum atomic E-state index is 11.4. The van der Waals surface area contributed by atoms with Crippen LogP contribution in [0.25, 0.3) is 0 Å². The Morgan fingerprint density at radius 1 is 1.67 bits per heavy atom. The molecule has 0 aromatic rings. The fourth-order valence-electron chi connectivity index (χ4n) is 2.38. The molecule has 0 spiro atoms. The van der Waals surface area contributed by atoms with Gasteiger partial charge in [-0.25, -0.2) is 0 Å². The van der Waals surface area contributed by atoms with Crippen LogP contribution >= 0.6 is 15.9 Å². The van der Waals surface area contributed by atoms with Gasteiger partial charge in [0, 0.05) is 6.42 Å². The van der Waals surface area contributed by atoms with Crippen LogP contribution in [-0.4, -0.2) is 29.0 Å². The van der Waals surface area contributed by atoms with Gasteiger partial charge >= 0.3 is 11.9 Å². The number of carbonyl (C=O) groups is 2. The van der Waals surface area contributed by atoms with E-state index in [1.165, 1.54) is 0 Å². The molecule has 3 unspecified atom stereocenters. The SMILES string of the molecule is CC12CC(CCC1OC(=O)CBr)C(=O)O2. The average molecular weight is 277 g/mol. The molecule has 1 saturated carbocycles. The van der Waals surface area contributed by atoms with Crippen molar-refractivity contribution < 1.29 is 19.1 Å². The number of hydrogen-bond donors (Lipinski definition) is 0. The first-order chi connectivity index (χ1) is 7.05. The molecule has 1 heterocycles. The number of fused-ring (bicyclic) bond motifs is 2. The van der Waals surface area contributed by atoms with Crippen LogP contribution in [0.1, 0.15) is 26.2 Å². The Kier molecular flexibility index (Phi) is 2.75. The molecule has 2 bridgehead atoms. The second-order valence-corrected chi connectivity index (χ2v) is 4.89. The highest BCUT2D eigenvalue weighted by Gasteiger charge is 2.53. The van der Waals surface area contributed by atoms with E-state index in [1.54, 1.807) is 0 Å². The highest BCUT2D eigenvalue weighted by Crippen LogP contribution is 2.43. The monoisotopic (exact) mass is 276 g/mol. The second kappa shape index (κ2) is 3.77. The maximum Gasteiger partial charge on any atom is 0.316 e. The van der Waals surface area contributed by atoms with Gasteiger partial charge < -0.3 is 9.47 Å². The van der Waals surface area contributed by atoms with Gasteiger partial charge in [-0.15, -0.1) is 0 Å². The Hall–Kier alpha value is -0.580. The van der Waals surface area contributed by atoms with E-state index in [0.29, 0.717) is 12.8 Å². The first-order valence-electron chi connectivity index (χ1n) is 5.03. The van der Waals surface area contributed by atoms with Gasteiger partial charge in [0.25, 0.3) is 0 Å². The van der Waals surface area contributed by atoms with E-state index in [-0.39, 0.29) is 29.3 Å². The van der Waals surface area contributed by atoms with Crippen LogP contribution in [0.3, 0.4) is 0 Å². The van der Waals surface area contributed by atoms with Gasteiger partial charge in [-0.2, -0.15) is 0 Å². The molecule has 3 atom stereocenters. The Balaban J connectivity index is 2.08. The number of carbonyl (C=O) groups excluding carboxylic acids is 2. The second-order valence-electron chi connectivity index (χ2n) is 4.32. The average Bonchev–Trinajstić information content (AvgIpc) is 2.43. The van der Waals surface area contributed by atoms with E-state index in [0.717, 1.165) is 6.42 Å². The summed E-state index contributed by atoms with van der Waals surface area (Å²) in [5.74, 6) is -0.438. The molecule has 5 heteroatoms. The van der Waals surface area contributed by atoms with Crippen LogP contribution in [0.2, 0.25) is 0 Å². The van der Waals surface area contributed by atoms with Gasteiger partial charge in [0.05, 0.1) is 5.92 Å². The van der Waals surface area contributed by atoms with E-state index < -0.39 is 5.60 Å². The summed E-state index contributed by atoms with van der Waals surface area (Å²) in [7, 11) is 0. The van der Waals surface area contributed by atoms with E-state index in [9.17, 15) is 9.59 Å². The number of hydrogen-bond acceptors (Lipinski definition) is 4. The molecule has 2 aliphatic rings. The van der Waals surface area contributed by atoms with Gasteiger partial charge in [-0.3, -0.25) is 9.59 Å². The van der Waals surface area contributed by atoms with Gasteiger partial charge in [0.2, 0.25) is 0 Å². The molecular formula is C10H13BrO4. The predicted octanol–water partition coefficient (Wildman–Crippen LogP) is 1.41. The van der Waals surface area contributed by atoms with Crippen LogP contribution in [0.15, 0.2) is 0 Å². The predicted molar refractivity (Wildman–Crippen MR) is 55.5 cm³/mol. The van der Waals surface area contributed by atoms with E-state index in [2.05, 4.69) is 15.9 Å². The first-order valence-corrected chi connectivity index (χ1v) is 6.15. The molecule has 2 rings (SSSR count). The normalized spacial score (nSPS) is 38.7. The number of esters is 2. The van der Waals surface area contributed by atoms with Crippen LogP contribution in [0.4, 0.5) is 0 Å². The largest absolute Gasteiger partial charge is 0.457 e. The molecular weight excluding hydrogens is 264 g/mol. The van der Waals surface area contributed by atoms with Gasteiger partial charge in [0.15, 0.2) is 0 Å². The molecule has 2 fully saturated rings. The van der Waals surface area contributed by atoms with Crippen LogP contribution < -0.4 is 0 Å². The lowest BCUT2D eigenvalue weighted by molar-refractivity contribution is -0.171. The van der Waals surface area contributed by atoms with E-state index in [4.69, 9.17) is 9.47 Å². The fraction of sp³-hybridized carbons (Fsp3) is 0.800. The van der Waals surface area contributed by atoms with Crippen LogP contribution in [-0.2, 0) is 19.1 Å². The molecule has 0 aromatic carbocycles. The van der Waals surface area contributed by atoms with Crippen molar-refractivity contribution in [1.29, 1.82) is 0 Å². The summed E-state index contributed by atoms with van der Waals surface area (Å²) in [4.78, 5) is 22.6. The van der Waals surface area contributed by atoms with Crippen molar-refractivity contribution in [3.8, 4) is 0 Å². The highest BCUT2D eigenvalue weighted by molar-refractivity contribution is 9.09. The Morgan fingerprint density at radius 2 is 2.40 bits per heavy atom. The molecule has 15 heavy (non-hydrogen) atoms. The van der Waals surface area contributed by atoms with Crippen molar-refractivity contribution in [3.05, 3.63) is 0 Å². The quantitative estimate of drug-likeness (QED) is 0.565. The Labute approximate surface area is 96.4 Å². The standard InChI is InChI=1S/C10H13BrO4/c1-10-4-6(9(13)15-10)2-3-7(10)14-8(12)5-11/h6-7H,2-5H2,1H3. The van der Waals surface area contributed by atoms with E-state index in [1.807, 2.05) is 6.92 Å². The minimum absolute atomic E-state index is 0.00826. The Bertz CT molecular complexity index is 304. The molecule has 0 aromatic heterocycles. The molecule has 0 radical (unpaired) electrons. The summed E-state index contributed by atoms with van der Waals surface area (Å²) in [6, 6.07) is 0. The van der Waals surface area contributed by atoms with Crippen molar-refractivity contribution in [1.82, 2.24) is 0 Å². The molecule has 4 nitrogen and oxygen atoms in total. The summed E-state index contributed by atoms with van der Waals surface area (Å²) in [5, 5.41) is 0.178.